The Bertz CT molecular complexity index is 716. The summed E-state index contributed by atoms with van der Waals surface area (Å²) in [7, 11) is 0. The summed E-state index contributed by atoms with van der Waals surface area (Å²) in [6, 6.07) is 3.43. The SMILES string of the molecule is CC(=O)NC[C@H]1CN(c2ccc(C(=O)N=[N+]=[N-])c(F)c2)C(=O)O1. The first-order valence-corrected chi connectivity index (χ1v) is 6.54. The van der Waals surface area contributed by atoms with Crippen LogP contribution in [0, 0.1) is 5.82 Å². The molecule has 3 amide bonds. The predicted octanol–water partition coefficient (Wildman–Crippen LogP) is 1.74. The van der Waals surface area contributed by atoms with Crippen molar-refractivity contribution in [3.63, 3.8) is 0 Å². The van der Waals surface area contributed by atoms with E-state index >= 15 is 0 Å². The summed E-state index contributed by atoms with van der Waals surface area (Å²) in [6.45, 7) is 1.61. The Balaban J connectivity index is 2.14. The number of nitrogens with zero attached hydrogens (tertiary/aromatic N) is 4. The lowest BCUT2D eigenvalue weighted by Crippen LogP contribution is -2.33. The molecule has 0 aromatic heterocycles. The van der Waals surface area contributed by atoms with Crippen molar-refractivity contribution in [3.05, 3.63) is 40.0 Å². The molecule has 0 unspecified atom stereocenters. The molecule has 0 radical (unpaired) electrons. The predicted molar refractivity (Wildman–Crippen MR) is 76.2 cm³/mol. The minimum absolute atomic E-state index is 0.127. The molecule has 0 saturated carbocycles. The number of hydrogen-bond donors (Lipinski definition) is 1. The second-order valence-corrected chi connectivity index (χ2v) is 4.71. The van der Waals surface area contributed by atoms with Crippen molar-refractivity contribution in [2.24, 2.45) is 5.11 Å². The quantitative estimate of drug-likeness (QED) is 0.515. The molecule has 9 nitrogen and oxygen atoms in total. The number of hydrogen-bond acceptors (Lipinski definition) is 4. The van der Waals surface area contributed by atoms with Crippen LogP contribution in [-0.4, -0.2) is 37.1 Å². The van der Waals surface area contributed by atoms with Crippen LogP contribution in [-0.2, 0) is 9.53 Å². The summed E-state index contributed by atoms with van der Waals surface area (Å²) in [5.74, 6) is -2.23. The number of amides is 3. The van der Waals surface area contributed by atoms with E-state index < -0.39 is 29.5 Å². The Kier molecular flexibility index (Phi) is 4.77. The second kappa shape index (κ2) is 6.75. The number of anilines is 1. The fraction of sp³-hybridized carbons (Fsp3) is 0.308. The number of nitrogens with one attached hydrogen (secondary N) is 1. The fourth-order valence-corrected chi connectivity index (χ4v) is 2.04. The molecule has 2 rings (SSSR count). The van der Waals surface area contributed by atoms with Gasteiger partial charge in [-0.2, -0.15) is 0 Å². The van der Waals surface area contributed by atoms with E-state index in [0.29, 0.717) is 0 Å². The summed E-state index contributed by atoms with van der Waals surface area (Å²) >= 11 is 0. The van der Waals surface area contributed by atoms with Gasteiger partial charge in [-0.1, -0.05) is 0 Å². The van der Waals surface area contributed by atoms with E-state index in [1.807, 2.05) is 0 Å². The van der Waals surface area contributed by atoms with Crippen molar-refractivity contribution >= 4 is 23.6 Å². The van der Waals surface area contributed by atoms with Gasteiger partial charge >= 0.3 is 6.09 Å². The molecule has 1 heterocycles. The highest BCUT2D eigenvalue weighted by molar-refractivity contribution is 5.96. The molecule has 1 aromatic carbocycles. The Morgan fingerprint density at radius 1 is 1.57 bits per heavy atom. The Morgan fingerprint density at radius 2 is 2.30 bits per heavy atom. The van der Waals surface area contributed by atoms with Gasteiger partial charge in [-0.3, -0.25) is 14.5 Å². The molecule has 10 heteroatoms. The normalized spacial score (nSPS) is 16.5. The van der Waals surface area contributed by atoms with Crippen molar-refractivity contribution in [3.8, 4) is 0 Å². The first-order chi connectivity index (χ1) is 10.9. The number of benzene rings is 1. The van der Waals surface area contributed by atoms with Gasteiger partial charge in [-0.15, -0.1) is 0 Å². The molecule has 1 aliphatic rings. The summed E-state index contributed by atoms with van der Waals surface area (Å²) in [5.41, 5.74) is 7.98. The highest BCUT2D eigenvalue weighted by Gasteiger charge is 2.32. The number of ether oxygens (including phenoxy) is 1. The maximum atomic E-state index is 13.9. The molecule has 120 valence electrons. The second-order valence-electron chi connectivity index (χ2n) is 4.71. The molecular formula is C13H12FN5O4. The van der Waals surface area contributed by atoms with Gasteiger partial charge in [0.15, 0.2) is 0 Å². The van der Waals surface area contributed by atoms with Gasteiger partial charge in [-0.25, -0.2) is 9.18 Å². The number of carbonyl (C=O) groups is 3. The van der Waals surface area contributed by atoms with Gasteiger partial charge in [-0.05, 0) is 28.8 Å². The van der Waals surface area contributed by atoms with Crippen LogP contribution in [0.25, 0.3) is 10.4 Å². The highest BCUT2D eigenvalue weighted by atomic mass is 19.1. The minimum Gasteiger partial charge on any atom is -0.442 e. The monoisotopic (exact) mass is 321 g/mol. The van der Waals surface area contributed by atoms with Crippen LogP contribution >= 0.6 is 0 Å². The lowest BCUT2D eigenvalue weighted by Gasteiger charge is -2.13. The molecule has 0 aliphatic carbocycles. The smallest absolute Gasteiger partial charge is 0.414 e. The van der Waals surface area contributed by atoms with Crippen LogP contribution in [0.5, 0.6) is 0 Å². The van der Waals surface area contributed by atoms with Gasteiger partial charge in [0.1, 0.15) is 11.9 Å². The van der Waals surface area contributed by atoms with Crippen molar-refractivity contribution in [1.29, 1.82) is 0 Å². The van der Waals surface area contributed by atoms with Gasteiger partial charge in [0, 0.05) is 11.8 Å². The largest absolute Gasteiger partial charge is 0.442 e. The van der Waals surface area contributed by atoms with Gasteiger partial charge in [0.05, 0.1) is 24.3 Å². The Morgan fingerprint density at radius 3 is 2.91 bits per heavy atom. The van der Waals surface area contributed by atoms with Gasteiger partial charge < -0.3 is 10.1 Å². The first-order valence-electron chi connectivity index (χ1n) is 6.54. The zero-order valence-corrected chi connectivity index (χ0v) is 12.0. The molecule has 0 spiro atoms. The van der Waals surface area contributed by atoms with E-state index in [2.05, 4.69) is 15.3 Å². The topological polar surface area (TPSA) is 124 Å². The summed E-state index contributed by atoms with van der Waals surface area (Å²) in [4.78, 5) is 37.5. The van der Waals surface area contributed by atoms with Crippen molar-refractivity contribution < 1.29 is 23.5 Å². The molecular weight excluding hydrogens is 309 g/mol. The molecule has 1 aromatic rings. The van der Waals surface area contributed by atoms with Crippen LogP contribution in [0.4, 0.5) is 14.9 Å². The maximum absolute atomic E-state index is 13.9. The third-order valence-corrected chi connectivity index (χ3v) is 3.08. The standard InChI is InChI=1S/C13H12FN5O4/c1-7(20)16-5-9-6-19(13(22)23-9)8-2-3-10(11(14)4-8)12(21)17-18-15/h2-4,9H,5-6H2,1H3,(H,16,20)/t9-/m0/s1. The van der Waals surface area contributed by atoms with Crippen LogP contribution in [0.1, 0.15) is 17.3 Å². The van der Waals surface area contributed by atoms with Crippen LogP contribution in [0.3, 0.4) is 0 Å². The molecule has 1 saturated heterocycles. The van der Waals surface area contributed by atoms with Crippen LogP contribution < -0.4 is 10.2 Å². The van der Waals surface area contributed by atoms with E-state index in [-0.39, 0.29) is 24.7 Å². The lowest BCUT2D eigenvalue weighted by atomic mass is 10.1. The minimum atomic E-state index is -1.05. The van der Waals surface area contributed by atoms with Crippen molar-refractivity contribution in [2.75, 3.05) is 18.0 Å². The third kappa shape index (κ3) is 3.74. The first kappa shape index (κ1) is 16.2. The zero-order chi connectivity index (χ0) is 17.0. The van der Waals surface area contributed by atoms with E-state index in [9.17, 15) is 18.8 Å². The van der Waals surface area contributed by atoms with Gasteiger partial charge in [0.2, 0.25) is 5.91 Å². The highest BCUT2D eigenvalue weighted by Crippen LogP contribution is 2.24. The van der Waals surface area contributed by atoms with Crippen LogP contribution in [0.2, 0.25) is 0 Å². The Labute approximate surface area is 129 Å². The number of carbonyl (C=O) groups excluding carboxylic acids is 3. The van der Waals surface area contributed by atoms with E-state index in [4.69, 9.17) is 10.3 Å². The lowest BCUT2D eigenvalue weighted by molar-refractivity contribution is -0.119. The average molecular weight is 321 g/mol. The maximum Gasteiger partial charge on any atom is 0.414 e. The van der Waals surface area contributed by atoms with Crippen molar-refractivity contribution in [1.82, 2.24) is 5.32 Å². The molecule has 1 N–H and O–H groups in total. The average Bonchev–Trinajstić information content (AvgIpc) is 2.86. The van der Waals surface area contributed by atoms with Crippen molar-refractivity contribution in [2.45, 2.75) is 13.0 Å². The number of azide groups is 1. The third-order valence-electron chi connectivity index (χ3n) is 3.08. The Hall–Kier alpha value is -3.13. The molecule has 1 atom stereocenters. The van der Waals surface area contributed by atoms with Gasteiger partial charge in [0.25, 0.3) is 5.91 Å². The number of rotatable bonds is 4. The molecule has 1 fully saturated rings. The summed E-state index contributed by atoms with van der Waals surface area (Å²) in [6.07, 6.45) is -1.24. The fourth-order valence-electron chi connectivity index (χ4n) is 2.04. The zero-order valence-electron chi connectivity index (χ0n) is 12.0. The molecule has 0 bridgehead atoms. The molecule has 23 heavy (non-hydrogen) atoms. The summed E-state index contributed by atoms with van der Waals surface area (Å²) in [5, 5.41) is 5.33. The van der Waals surface area contributed by atoms with E-state index in [1.165, 1.54) is 17.9 Å². The van der Waals surface area contributed by atoms with Crippen LogP contribution in [0.15, 0.2) is 23.3 Å². The molecule has 1 aliphatic heterocycles. The van der Waals surface area contributed by atoms with E-state index in [1.54, 1.807) is 0 Å². The summed E-state index contributed by atoms with van der Waals surface area (Å²) < 4.78 is 19.0. The number of cyclic esters (lactones) is 1. The van der Waals surface area contributed by atoms with E-state index in [0.717, 1.165) is 12.1 Å². The number of halogens is 1.